The predicted molar refractivity (Wildman–Crippen MR) is 582 cm³/mol. The number of ether oxygens (including phenoxy) is 2. The van der Waals surface area contributed by atoms with Crippen LogP contribution in [0.3, 0.4) is 0 Å². The van der Waals surface area contributed by atoms with Crippen LogP contribution in [0.4, 0.5) is 0 Å². The summed E-state index contributed by atoms with van der Waals surface area (Å²) in [7, 11) is 0. The summed E-state index contributed by atoms with van der Waals surface area (Å²) in [6, 6.07) is 145. The number of hydrogen-bond acceptors (Lipinski definition) is 15. The van der Waals surface area contributed by atoms with Crippen molar-refractivity contribution in [2.24, 2.45) is 0 Å². The SMILES string of the molecule is c1ccc2c(c1)Oc1cc(-c3nc(-n4c5ccccc5c5ccccc54)nc(-n4c5ccccc5c5ccccc54)n3)cc3c1B2c1ccccc1O3.c1ccc2c(c1)Sc1cc(-c3nc(-n4c5ccccc5c5ccccc54)nc(-n4c5ccccc5c5ccccc54)n3)cc3c1B2c1ccccc1S3.c1ccc2c(c1)Sc1nc(-n3c4ccccc4n4c5ccccc5nc34)nc3c1B2c1ccccc1S3. The number of para-hydroxylation sites is 14. The molecule has 143 heavy (non-hydrogen) atoms. The fourth-order valence-corrected chi connectivity index (χ4v) is 27.5. The molecule has 6 aliphatic heterocycles. The van der Waals surface area contributed by atoms with Gasteiger partial charge in [0.2, 0.25) is 42.2 Å². The van der Waals surface area contributed by atoms with E-state index in [4.69, 9.17) is 54.3 Å². The van der Waals surface area contributed by atoms with Crippen molar-refractivity contribution in [1.82, 2.24) is 72.1 Å². The summed E-state index contributed by atoms with van der Waals surface area (Å²) in [5.41, 5.74) is 25.5. The van der Waals surface area contributed by atoms with E-state index >= 15 is 0 Å². The Labute approximate surface area is 833 Å². The molecular weight excluding hydrogens is 1830 g/mol. The first-order valence-electron chi connectivity index (χ1n) is 47.6. The van der Waals surface area contributed by atoms with E-state index in [9.17, 15) is 0 Å². The smallest absolute Gasteiger partial charge is 0.260 e. The van der Waals surface area contributed by atoms with Gasteiger partial charge in [-0.3, -0.25) is 22.7 Å². The maximum Gasteiger partial charge on any atom is 0.260 e. The van der Waals surface area contributed by atoms with E-state index in [2.05, 4.69) is 409 Å². The Kier molecular flexibility index (Phi) is 17.8. The summed E-state index contributed by atoms with van der Waals surface area (Å²) in [5.74, 6) is 7.97. The van der Waals surface area contributed by atoms with Gasteiger partial charge in [-0.25, -0.2) is 19.5 Å². The first-order valence-corrected chi connectivity index (χ1v) is 50.9. The monoisotopic (exact) mass is 1900 g/mol. The summed E-state index contributed by atoms with van der Waals surface area (Å²) in [6.45, 7) is 0.302. The van der Waals surface area contributed by atoms with Crippen molar-refractivity contribution in [3.63, 3.8) is 0 Å². The zero-order valence-electron chi connectivity index (χ0n) is 75.6. The first-order chi connectivity index (χ1) is 70.9. The molecule has 0 N–H and O–H groups in total. The van der Waals surface area contributed by atoms with E-state index in [1.54, 1.807) is 23.5 Å². The van der Waals surface area contributed by atoms with Gasteiger partial charge in [0.1, 0.15) is 33.0 Å². The minimum atomic E-state index is -0.0244. The third-order valence-electron chi connectivity index (χ3n) is 28.8. The van der Waals surface area contributed by atoms with Crippen LogP contribution in [0.2, 0.25) is 0 Å². The van der Waals surface area contributed by atoms with Crippen LogP contribution in [0.15, 0.2) is 452 Å². The molecule has 0 unspecified atom stereocenters. The Morgan fingerprint density at radius 3 is 0.853 bits per heavy atom. The summed E-state index contributed by atoms with van der Waals surface area (Å²) in [6.07, 6.45) is 0. The molecule has 0 atom stereocenters. The Bertz CT molecular complexity index is 9100. The molecular formula is C119H68B3N15O2S4. The second kappa shape index (κ2) is 31.6. The van der Waals surface area contributed by atoms with Gasteiger partial charge in [-0.2, -0.15) is 29.9 Å². The summed E-state index contributed by atoms with van der Waals surface area (Å²) < 4.78 is 26.4. The second-order valence-corrected chi connectivity index (χ2v) is 40.7. The van der Waals surface area contributed by atoms with Crippen molar-refractivity contribution in [2.45, 2.75) is 39.4 Å². The molecule has 0 aliphatic carbocycles. The molecule has 0 amide bonds. The molecule has 15 heterocycles. The third kappa shape index (κ3) is 12.3. The normalized spacial score (nSPS) is 13.1. The fraction of sp³-hybridized carbons (Fsp3) is 0. The first kappa shape index (κ1) is 80.7. The van der Waals surface area contributed by atoms with Crippen molar-refractivity contribution in [3.8, 4) is 75.5 Å². The van der Waals surface area contributed by atoms with Crippen LogP contribution in [0.5, 0.6) is 23.0 Å². The lowest BCUT2D eigenvalue weighted by atomic mass is 9.35. The lowest BCUT2D eigenvalue weighted by molar-refractivity contribution is 0.465. The molecule has 24 heteroatoms. The number of aromatic nitrogens is 15. The van der Waals surface area contributed by atoms with Crippen LogP contribution in [0, 0.1) is 0 Å². The van der Waals surface area contributed by atoms with Crippen LogP contribution < -0.4 is 58.6 Å². The summed E-state index contributed by atoms with van der Waals surface area (Å²) in [4.78, 5) is 55.1. The van der Waals surface area contributed by atoms with Crippen molar-refractivity contribution in [3.05, 3.63) is 413 Å². The molecule has 18 aromatic carbocycles. The van der Waals surface area contributed by atoms with Crippen molar-refractivity contribution < 1.29 is 9.47 Å². The van der Waals surface area contributed by atoms with E-state index in [1.165, 1.54) is 62.1 Å². The molecule has 0 spiro atoms. The minimum Gasteiger partial charge on any atom is -0.458 e. The molecule has 0 saturated heterocycles. The highest BCUT2D eigenvalue weighted by Gasteiger charge is 2.44. The van der Waals surface area contributed by atoms with Gasteiger partial charge in [-0.05, 0) is 155 Å². The molecule has 0 saturated carbocycles. The fourth-order valence-electron chi connectivity index (χ4n) is 22.7. The van der Waals surface area contributed by atoms with Gasteiger partial charge >= 0.3 is 0 Å². The van der Waals surface area contributed by atoms with E-state index in [0.717, 1.165) is 176 Å². The molecule has 0 radical (unpaired) electrons. The largest absolute Gasteiger partial charge is 0.458 e. The number of hydrogen-bond donors (Lipinski definition) is 0. The maximum atomic E-state index is 6.68. The molecule has 0 bridgehead atoms. The van der Waals surface area contributed by atoms with Gasteiger partial charge in [0, 0.05) is 89.1 Å². The van der Waals surface area contributed by atoms with E-state index in [-0.39, 0.29) is 20.1 Å². The lowest BCUT2D eigenvalue weighted by Gasteiger charge is -2.33. The standard InChI is InChI=1S/C45H26BN5O2.C45H26BN5S2.C29H16BN5S2/c2*1-7-19-34-28(13-1)29-14-2-8-20-35(29)50(34)44-47-43(48-45(49-44)51-36-21-9-3-15-30(36)31-16-4-10-22-37(31)51)27-25-40-42-41(26-27)53-39-24-12-6-18-33(39)46(42)32-17-5-11-23-38(32)52-40;1-7-15-23-17(9-1)30-18-10-2-8-16-24(18)37-27-25(30)26(36-23)32-28(33-27)35-22-14-6-5-13-21(22)34-20-12-4-3-11-19(20)31-29(34)35/h2*1-26H;1-16H. The van der Waals surface area contributed by atoms with Gasteiger partial charge in [0.15, 0.2) is 11.6 Å². The van der Waals surface area contributed by atoms with Crippen LogP contribution >= 0.6 is 47.0 Å². The van der Waals surface area contributed by atoms with Crippen LogP contribution in [-0.2, 0) is 0 Å². The van der Waals surface area contributed by atoms with Crippen molar-refractivity contribution in [1.29, 1.82) is 0 Å². The Morgan fingerprint density at radius 2 is 0.476 bits per heavy atom. The third-order valence-corrected chi connectivity index (χ3v) is 33.3. The lowest BCUT2D eigenvalue weighted by Crippen LogP contribution is -2.58. The topological polar surface area (TPSA) is 164 Å². The summed E-state index contributed by atoms with van der Waals surface area (Å²) >= 11 is 7.19. The molecule has 17 nitrogen and oxygen atoms in total. The Morgan fingerprint density at radius 1 is 0.196 bits per heavy atom. The van der Waals surface area contributed by atoms with Crippen LogP contribution in [0.25, 0.3) is 168 Å². The number of imidazole rings is 2. The highest BCUT2D eigenvalue weighted by molar-refractivity contribution is 8.02. The molecule has 0 fully saturated rings. The van der Waals surface area contributed by atoms with E-state index < -0.39 is 0 Å². The highest BCUT2D eigenvalue weighted by atomic mass is 32.2. The van der Waals surface area contributed by atoms with Gasteiger partial charge in [0.25, 0.3) is 13.4 Å². The number of rotatable bonds is 7. The molecule has 27 aromatic rings. The highest BCUT2D eigenvalue weighted by Crippen LogP contribution is 2.47. The van der Waals surface area contributed by atoms with Crippen molar-refractivity contribution >= 4 is 231 Å². The number of fused-ring (bicyclic) bond motifs is 29. The molecule has 664 valence electrons. The quantitative estimate of drug-likeness (QED) is 0.109. The van der Waals surface area contributed by atoms with Crippen molar-refractivity contribution in [2.75, 3.05) is 0 Å². The van der Waals surface area contributed by atoms with Gasteiger partial charge in [-0.1, -0.05) is 348 Å². The van der Waals surface area contributed by atoms with Gasteiger partial charge in [0.05, 0.1) is 66.2 Å². The van der Waals surface area contributed by atoms with E-state index in [0.29, 0.717) is 41.4 Å². The number of nitrogens with zero attached hydrogens (tertiary/aromatic N) is 15. The maximum absolute atomic E-state index is 6.68. The van der Waals surface area contributed by atoms with Crippen LogP contribution in [-0.4, -0.2) is 92.2 Å². The predicted octanol–water partition coefficient (Wildman–Crippen LogP) is 22.3. The summed E-state index contributed by atoms with van der Waals surface area (Å²) in [5, 5.41) is 11.2. The Balaban J connectivity index is 0.0000000998. The minimum absolute atomic E-state index is 0.0244. The van der Waals surface area contributed by atoms with Gasteiger partial charge < -0.3 is 9.47 Å². The Hall–Kier alpha value is -17.3. The average Bonchev–Trinajstić information content (AvgIpc) is 1.66. The molecule has 6 aliphatic rings. The van der Waals surface area contributed by atoms with Gasteiger partial charge in [-0.15, -0.1) is 0 Å². The second-order valence-electron chi connectivity index (χ2n) is 36.5. The number of benzene rings is 18. The zero-order valence-corrected chi connectivity index (χ0v) is 78.9. The van der Waals surface area contributed by atoms with Crippen LogP contribution in [0.1, 0.15) is 0 Å². The molecule has 33 rings (SSSR count). The molecule has 9 aromatic heterocycles. The average molecular weight is 1900 g/mol. The zero-order chi connectivity index (χ0) is 93.3. The van der Waals surface area contributed by atoms with E-state index in [1.807, 2.05) is 53.9 Å².